The van der Waals surface area contributed by atoms with Crippen molar-refractivity contribution in [3.8, 4) is 0 Å². The molecule has 5 nitrogen and oxygen atoms in total. The van der Waals surface area contributed by atoms with Gasteiger partial charge in [-0.05, 0) is 33.6 Å². The van der Waals surface area contributed by atoms with E-state index < -0.39 is 31.6 Å². The zero-order valence-electron chi connectivity index (χ0n) is 13.1. The molecule has 126 valence electrons. The molecule has 0 aromatic rings. The normalized spacial score (nSPS) is 14.0. The van der Waals surface area contributed by atoms with Gasteiger partial charge in [0.25, 0.3) is 0 Å². The van der Waals surface area contributed by atoms with Crippen molar-refractivity contribution in [2.24, 2.45) is 5.92 Å². The minimum Gasteiger partial charge on any atom is -0.466 e. The van der Waals surface area contributed by atoms with Crippen LogP contribution in [0.5, 0.6) is 0 Å². The lowest BCUT2D eigenvalue weighted by Crippen LogP contribution is -2.21. The van der Waals surface area contributed by atoms with Crippen LogP contribution in [0.15, 0.2) is 0 Å². The zero-order chi connectivity index (χ0) is 16.5. The van der Waals surface area contributed by atoms with E-state index in [1.54, 1.807) is 13.8 Å². The van der Waals surface area contributed by atoms with Gasteiger partial charge in [0.05, 0.1) is 25.7 Å². The van der Waals surface area contributed by atoms with Crippen molar-refractivity contribution in [2.75, 3.05) is 19.8 Å². The summed E-state index contributed by atoms with van der Waals surface area (Å²) in [4.78, 5) is 11.4. The second-order valence-corrected chi connectivity index (χ2v) is 6.71. The molecule has 0 aliphatic heterocycles. The molecule has 0 saturated heterocycles. The predicted octanol–water partition coefficient (Wildman–Crippen LogP) is 4.21. The summed E-state index contributed by atoms with van der Waals surface area (Å²) in [5, 5.41) is 0. The van der Waals surface area contributed by atoms with E-state index in [9.17, 15) is 18.1 Å². The van der Waals surface area contributed by atoms with Crippen LogP contribution in [0.1, 0.15) is 47.0 Å². The van der Waals surface area contributed by atoms with E-state index in [0.29, 0.717) is 0 Å². The largest absolute Gasteiger partial charge is 0.466 e. The molecule has 0 bridgehead atoms. The molecule has 0 amide bonds. The van der Waals surface area contributed by atoms with Gasteiger partial charge in [0.1, 0.15) is 0 Å². The van der Waals surface area contributed by atoms with Crippen molar-refractivity contribution in [1.82, 2.24) is 0 Å². The predicted molar refractivity (Wildman–Crippen MR) is 75.5 cm³/mol. The van der Waals surface area contributed by atoms with Crippen LogP contribution < -0.4 is 0 Å². The number of hydrogen-bond donors (Lipinski definition) is 0. The molecule has 0 aromatic heterocycles. The molecule has 1 unspecified atom stereocenters. The summed E-state index contributed by atoms with van der Waals surface area (Å²) in [6.07, 6.45) is -0.405. The lowest BCUT2D eigenvalue weighted by molar-refractivity contribution is -0.147. The van der Waals surface area contributed by atoms with Gasteiger partial charge in [-0.1, -0.05) is 6.92 Å². The fourth-order valence-electron chi connectivity index (χ4n) is 1.73. The molecular formula is C13H25F2O5P. The highest BCUT2D eigenvalue weighted by Crippen LogP contribution is 2.63. The van der Waals surface area contributed by atoms with Gasteiger partial charge in [-0.2, -0.15) is 8.78 Å². The number of carbonyl (C=O) groups is 1. The molecule has 0 radical (unpaired) electrons. The Kier molecular flexibility index (Phi) is 9.25. The van der Waals surface area contributed by atoms with E-state index in [2.05, 4.69) is 9.05 Å². The van der Waals surface area contributed by atoms with E-state index in [-0.39, 0.29) is 32.7 Å². The first-order valence-corrected chi connectivity index (χ1v) is 8.72. The van der Waals surface area contributed by atoms with E-state index in [1.165, 1.54) is 13.8 Å². The average molecular weight is 330 g/mol. The lowest BCUT2D eigenvalue weighted by Gasteiger charge is -2.25. The Morgan fingerprint density at radius 2 is 1.67 bits per heavy atom. The standard InChI is InChI=1S/C13H25F2O5P/c1-5-18-12(16)11(4)9-8-10-13(14,15)21(17,19-6-2)20-7-3/h11H,5-10H2,1-4H3. The van der Waals surface area contributed by atoms with Crippen LogP contribution in [0, 0.1) is 5.92 Å². The van der Waals surface area contributed by atoms with E-state index in [4.69, 9.17) is 4.74 Å². The summed E-state index contributed by atoms with van der Waals surface area (Å²) in [5.74, 6) is -0.891. The van der Waals surface area contributed by atoms with Gasteiger partial charge in [-0.15, -0.1) is 0 Å². The molecule has 8 heteroatoms. The van der Waals surface area contributed by atoms with Crippen molar-refractivity contribution in [1.29, 1.82) is 0 Å². The average Bonchev–Trinajstić information content (AvgIpc) is 2.39. The van der Waals surface area contributed by atoms with Gasteiger partial charge in [0.2, 0.25) is 0 Å². The van der Waals surface area contributed by atoms with Crippen LogP contribution in [0.2, 0.25) is 0 Å². The molecular weight excluding hydrogens is 305 g/mol. The Hall–Kier alpha value is -0.520. The molecule has 0 aliphatic carbocycles. The number of rotatable bonds is 11. The summed E-state index contributed by atoms with van der Waals surface area (Å²) in [6, 6.07) is 0. The monoisotopic (exact) mass is 330 g/mol. The zero-order valence-corrected chi connectivity index (χ0v) is 14.0. The van der Waals surface area contributed by atoms with Crippen molar-refractivity contribution in [3.63, 3.8) is 0 Å². The van der Waals surface area contributed by atoms with Gasteiger partial charge >= 0.3 is 19.2 Å². The number of hydrogen-bond acceptors (Lipinski definition) is 5. The first-order valence-electron chi connectivity index (χ1n) is 7.17. The third kappa shape index (κ3) is 6.41. The summed E-state index contributed by atoms with van der Waals surface area (Å²) in [6.45, 7) is 6.26. The van der Waals surface area contributed by atoms with Crippen molar-refractivity contribution >= 4 is 13.6 Å². The van der Waals surface area contributed by atoms with Gasteiger partial charge < -0.3 is 13.8 Å². The van der Waals surface area contributed by atoms with Crippen molar-refractivity contribution in [3.05, 3.63) is 0 Å². The number of esters is 1. The van der Waals surface area contributed by atoms with E-state index in [1.807, 2.05) is 0 Å². The molecule has 0 heterocycles. The van der Waals surface area contributed by atoms with E-state index >= 15 is 0 Å². The van der Waals surface area contributed by atoms with Crippen molar-refractivity contribution < 1.29 is 31.9 Å². The minimum atomic E-state index is -4.47. The molecule has 0 N–H and O–H groups in total. The highest BCUT2D eigenvalue weighted by molar-refractivity contribution is 7.55. The van der Waals surface area contributed by atoms with Gasteiger partial charge in [0, 0.05) is 6.42 Å². The second-order valence-electron chi connectivity index (χ2n) is 4.54. The Labute approximate surface area is 124 Å². The summed E-state index contributed by atoms with van der Waals surface area (Å²) in [7, 11) is -4.47. The maximum absolute atomic E-state index is 14.0. The summed E-state index contributed by atoms with van der Waals surface area (Å²) >= 11 is 0. The molecule has 21 heavy (non-hydrogen) atoms. The third-order valence-corrected chi connectivity index (χ3v) is 5.02. The highest BCUT2D eigenvalue weighted by Gasteiger charge is 2.52. The Balaban J connectivity index is 4.52. The van der Waals surface area contributed by atoms with Crippen molar-refractivity contribution in [2.45, 2.75) is 52.6 Å². The molecule has 0 aliphatic rings. The van der Waals surface area contributed by atoms with Gasteiger partial charge in [-0.3, -0.25) is 9.36 Å². The molecule has 1 atom stereocenters. The smallest absolute Gasteiger partial charge is 0.399 e. The maximum Gasteiger partial charge on any atom is 0.399 e. The number of alkyl halides is 2. The Bertz CT molecular complexity index is 352. The van der Waals surface area contributed by atoms with Crippen LogP contribution in [0.25, 0.3) is 0 Å². The second kappa shape index (κ2) is 9.49. The Morgan fingerprint density at radius 3 is 2.10 bits per heavy atom. The van der Waals surface area contributed by atoms with Gasteiger partial charge in [0.15, 0.2) is 0 Å². The summed E-state index contributed by atoms with van der Waals surface area (Å²) < 4.78 is 54.2. The van der Waals surface area contributed by atoms with Crippen LogP contribution in [0.3, 0.4) is 0 Å². The Morgan fingerprint density at radius 1 is 1.14 bits per heavy atom. The molecule has 0 saturated carbocycles. The van der Waals surface area contributed by atoms with Crippen LogP contribution in [-0.2, 0) is 23.1 Å². The van der Waals surface area contributed by atoms with E-state index in [0.717, 1.165) is 0 Å². The topological polar surface area (TPSA) is 61.8 Å². The number of ether oxygens (including phenoxy) is 1. The summed E-state index contributed by atoms with van der Waals surface area (Å²) in [5.41, 5.74) is -3.56. The molecule has 0 spiro atoms. The first kappa shape index (κ1) is 20.5. The van der Waals surface area contributed by atoms with Crippen LogP contribution in [0.4, 0.5) is 8.78 Å². The third-order valence-electron chi connectivity index (χ3n) is 2.80. The molecule has 0 aromatic carbocycles. The molecule has 0 fully saturated rings. The fourth-order valence-corrected chi connectivity index (χ4v) is 3.29. The highest BCUT2D eigenvalue weighted by atomic mass is 31.2. The van der Waals surface area contributed by atoms with Crippen LogP contribution >= 0.6 is 7.60 Å². The first-order chi connectivity index (χ1) is 9.74. The fraction of sp³-hybridized carbons (Fsp3) is 0.923. The quantitative estimate of drug-likeness (QED) is 0.419. The SMILES string of the molecule is CCOC(=O)C(C)CCCC(F)(F)P(=O)(OCC)OCC. The van der Waals surface area contributed by atoms with Gasteiger partial charge in [-0.25, -0.2) is 0 Å². The lowest BCUT2D eigenvalue weighted by atomic mass is 10.0. The maximum atomic E-state index is 14.0. The molecule has 0 rings (SSSR count). The number of carbonyl (C=O) groups excluding carboxylic acids is 1. The number of halogens is 2. The van der Waals surface area contributed by atoms with Crippen LogP contribution in [-0.4, -0.2) is 31.5 Å². The minimum absolute atomic E-state index is 0.0249.